The molecule has 0 aliphatic carbocycles. The van der Waals surface area contributed by atoms with E-state index >= 15 is 0 Å². The standard InChI is InChI=1S/C8H6N2O2/c9-4-6-3-5(8(11)12)1-2-7(6)10/h1-3H,10H2,(H,11,12). The van der Waals surface area contributed by atoms with Crippen LogP contribution >= 0.6 is 0 Å². The summed E-state index contributed by atoms with van der Waals surface area (Å²) in [5.74, 6) is -1.06. The van der Waals surface area contributed by atoms with Crippen LogP contribution in [0.4, 0.5) is 5.69 Å². The highest BCUT2D eigenvalue weighted by atomic mass is 16.4. The Morgan fingerprint density at radius 2 is 2.25 bits per heavy atom. The fraction of sp³-hybridized carbons (Fsp3) is 0. The molecule has 0 amide bonds. The highest BCUT2D eigenvalue weighted by Gasteiger charge is 2.05. The summed E-state index contributed by atoms with van der Waals surface area (Å²) in [4.78, 5) is 10.4. The zero-order chi connectivity index (χ0) is 9.14. The highest BCUT2D eigenvalue weighted by Crippen LogP contribution is 2.12. The van der Waals surface area contributed by atoms with Gasteiger partial charge in [-0.2, -0.15) is 5.26 Å². The van der Waals surface area contributed by atoms with Gasteiger partial charge in [0.15, 0.2) is 0 Å². The molecule has 4 nitrogen and oxygen atoms in total. The fourth-order valence-electron chi connectivity index (χ4n) is 0.786. The van der Waals surface area contributed by atoms with Gasteiger partial charge in [-0.1, -0.05) is 0 Å². The van der Waals surface area contributed by atoms with Crippen molar-refractivity contribution in [3.8, 4) is 6.07 Å². The largest absolute Gasteiger partial charge is 0.478 e. The lowest BCUT2D eigenvalue weighted by Crippen LogP contribution is -1.98. The van der Waals surface area contributed by atoms with Crippen molar-refractivity contribution in [1.82, 2.24) is 0 Å². The first kappa shape index (κ1) is 8.08. The van der Waals surface area contributed by atoms with E-state index in [9.17, 15) is 4.79 Å². The molecule has 0 bridgehead atoms. The lowest BCUT2D eigenvalue weighted by molar-refractivity contribution is 0.0697. The zero-order valence-electron chi connectivity index (χ0n) is 6.11. The Morgan fingerprint density at radius 3 is 2.75 bits per heavy atom. The number of anilines is 1. The first-order chi connectivity index (χ1) is 5.65. The molecule has 0 unspecified atom stereocenters. The number of nitrogen functional groups attached to an aromatic ring is 1. The van der Waals surface area contributed by atoms with Crippen LogP contribution in [0.2, 0.25) is 0 Å². The van der Waals surface area contributed by atoms with Crippen molar-refractivity contribution in [2.45, 2.75) is 0 Å². The second-order valence-electron chi connectivity index (χ2n) is 2.22. The van der Waals surface area contributed by atoms with Gasteiger partial charge >= 0.3 is 5.97 Å². The molecule has 0 aliphatic rings. The maximum absolute atomic E-state index is 10.4. The lowest BCUT2D eigenvalue weighted by Gasteiger charge is -1.97. The summed E-state index contributed by atoms with van der Waals surface area (Å²) in [5.41, 5.74) is 5.94. The van der Waals surface area contributed by atoms with E-state index in [1.807, 2.05) is 0 Å². The van der Waals surface area contributed by atoms with E-state index in [1.165, 1.54) is 18.2 Å². The van der Waals surface area contributed by atoms with Gasteiger partial charge in [0.1, 0.15) is 6.07 Å². The quantitative estimate of drug-likeness (QED) is 0.599. The van der Waals surface area contributed by atoms with Crippen LogP contribution in [-0.4, -0.2) is 11.1 Å². The fourth-order valence-corrected chi connectivity index (χ4v) is 0.786. The van der Waals surface area contributed by atoms with E-state index in [4.69, 9.17) is 16.1 Å². The maximum Gasteiger partial charge on any atom is 0.335 e. The van der Waals surface area contributed by atoms with E-state index in [2.05, 4.69) is 0 Å². The predicted octanol–water partition coefficient (Wildman–Crippen LogP) is 0.839. The van der Waals surface area contributed by atoms with Crippen LogP contribution in [0.25, 0.3) is 0 Å². The van der Waals surface area contributed by atoms with Crippen LogP contribution in [0.5, 0.6) is 0 Å². The van der Waals surface area contributed by atoms with Crippen molar-refractivity contribution in [1.29, 1.82) is 5.26 Å². The van der Waals surface area contributed by atoms with E-state index < -0.39 is 5.97 Å². The van der Waals surface area contributed by atoms with Crippen molar-refractivity contribution in [2.75, 3.05) is 5.73 Å². The molecule has 3 N–H and O–H groups in total. The minimum atomic E-state index is -1.06. The Labute approximate surface area is 68.8 Å². The summed E-state index contributed by atoms with van der Waals surface area (Å²) < 4.78 is 0. The second-order valence-corrected chi connectivity index (χ2v) is 2.22. The third kappa shape index (κ3) is 1.35. The van der Waals surface area contributed by atoms with Gasteiger partial charge in [-0.25, -0.2) is 4.79 Å². The van der Waals surface area contributed by atoms with Gasteiger partial charge in [-0.15, -0.1) is 0 Å². The Balaban J connectivity index is 3.25. The van der Waals surface area contributed by atoms with Gasteiger partial charge in [0.2, 0.25) is 0 Å². The van der Waals surface area contributed by atoms with Gasteiger partial charge in [-0.3, -0.25) is 0 Å². The van der Waals surface area contributed by atoms with Crippen molar-refractivity contribution in [2.24, 2.45) is 0 Å². The molecule has 0 aromatic heterocycles. The maximum atomic E-state index is 10.4. The third-order valence-electron chi connectivity index (χ3n) is 1.42. The van der Waals surface area contributed by atoms with Gasteiger partial charge in [-0.05, 0) is 18.2 Å². The molecule has 12 heavy (non-hydrogen) atoms. The van der Waals surface area contributed by atoms with E-state index in [0.29, 0.717) is 5.69 Å². The number of rotatable bonds is 1. The van der Waals surface area contributed by atoms with Crippen molar-refractivity contribution < 1.29 is 9.90 Å². The first-order valence-corrected chi connectivity index (χ1v) is 3.18. The monoisotopic (exact) mass is 162 g/mol. The van der Waals surface area contributed by atoms with Gasteiger partial charge in [0.25, 0.3) is 0 Å². The molecule has 0 spiro atoms. The van der Waals surface area contributed by atoms with Crippen LogP contribution < -0.4 is 5.73 Å². The summed E-state index contributed by atoms with van der Waals surface area (Å²) in [6, 6.07) is 5.81. The number of hydrogen-bond acceptors (Lipinski definition) is 3. The number of nitrogens with two attached hydrogens (primary N) is 1. The Hall–Kier alpha value is -2.02. The molecule has 1 aromatic rings. The number of carboxylic acid groups (broad SMARTS) is 1. The molecule has 0 saturated heterocycles. The SMILES string of the molecule is N#Cc1cc(C(=O)O)ccc1N. The smallest absolute Gasteiger partial charge is 0.335 e. The molecule has 0 saturated carbocycles. The summed E-state index contributed by atoms with van der Waals surface area (Å²) in [6.45, 7) is 0. The number of carboxylic acids is 1. The predicted molar refractivity (Wildman–Crippen MR) is 42.5 cm³/mol. The topological polar surface area (TPSA) is 87.1 Å². The molecule has 0 fully saturated rings. The molecule has 1 aromatic carbocycles. The lowest BCUT2D eigenvalue weighted by atomic mass is 10.1. The molecular weight excluding hydrogens is 156 g/mol. The van der Waals surface area contributed by atoms with E-state index in [0.717, 1.165) is 0 Å². The second kappa shape index (κ2) is 2.93. The Bertz CT molecular complexity index is 366. The average Bonchev–Trinajstić information content (AvgIpc) is 2.05. The Morgan fingerprint density at radius 1 is 1.58 bits per heavy atom. The molecule has 4 heteroatoms. The number of hydrogen-bond donors (Lipinski definition) is 2. The van der Waals surface area contributed by atoms with Crippen LogP contribution in [0.15, 0.2) is 18.2 Å². The molecule has 0 atom stereocenters. The van der Waals surface area contributed by atoms with Crippen LogP contribution in [0.1, 0.15) is 15.9 Å². The zero-order valence-corrected chi connectivity index (χ0v) is 6.11. The number of nitrogens with zero attached hydrogens (tertiary/aromatic N) is 1. The van der Waals surface area contributed by atoms with Crippen LogP contribution in [-0.2, 0) is 0 Å². The normalized spacial score (nSPS) is 8.92. The van der Waals surface area contributed by atoms with E-state index in [1.54, 1.807) is 6.07 Å². The minimum Gasteiger partial charge on any atom is -0.478 e. The average molecular weight is 162 g/mol. The van der Waals surface area contributed by atoms with Crippen LogP contribution in [0.3, 0.4) is 0 Å². The van der Waals surface area contributed by atoms with E-state index in [-0.39, 0.29) is 11.1 Å². The Kier molecular flexibility index (Phi) is 1.97. The summed E-state index contributed by atoms with van der Waals surface area (Å²) in [7, 11) is 0. The molecule has 0 aliphatic heterocycles. The first-order valence-electron chi connectivity index (χ1n) is 3.18. The number of aromatic carboxylic acids is 1. The number of nitriles is 1. The number of carbonyl (C=O) groups is 1. The van der Waals surface area contributed by atoms with Gasteiger partial charge in [0, 0.05) is 5.69 Å². The number of benzene rings is 1. The molecule has 1 rings (SSSR count). The van der Waals surface area contributed by atoms with Gasteiger partial charge < -0.3 is 10.8 Å². The van der Waals surface area contributed by atoms with Crippen molar-refractivity contribution >= 4 is 11.7 Å². The minimum absolute atomic E-state index is 0.0701. The summed E-state index contributed by atoms with van der Waals surface area (Å²) in [5, 5.41) is 17.0. The summed E-state index contributed by atoms with van der Waals surface area (Å²) in [6.07, 6.45) is 0. The van der Waals surface area contributed by atoms with Crippen molar-refractivity contribution in [3.63, 3.8) is 0 Å². The molecule has 60 valence electrons. The molecule has 0 heterocycles. The highest BCUT2D eigenvalue weighted by molar-refractivity contribution is 5.88. The van der Waals surface area contributed by atoms with Crippen LogP contribution in [0, 0.1) is 11.3 Å². The third-order valence-corrected chi connectivity index (χ3v) is 1.42. The van der Waals surface area contributed by atoms with Gasteiger partial charge in [0.05, 0.1) is 11.1 Å². The summed E-state index contributed by atoms with van der Waals surface area (Å²) >= 11 is 0. The molecular formula is C8H6N2O2. The molecule has 0 radical (unpaired) electrons. The van der Waals surface area contributed by atoms with Crippen molar-refractivity contribution in [3.05, 3.63) is 29.3 Å².